The largest absolute Gasteiger partial charge is 0.507 e. The van der Waals surface area contributed by atoms with E-state index < -0.39 is 17.7 Å². The number of aliphatic hydroxyl groups excluding tert-OH is 1. The fraction of sp³-hybridized carbons (Fsp3) is 0.286. The van der Waals surface area contributed by atoms with Gasteiger partial charge in [-0.2, -0.15) is 0 Å². The van der Waals surface area contributed by atoms with Gasteiger partial charge < -0.3 is 14.4 Å². The second kappa shape index (κ2) is 8.93. The third-order valence-electron chi connectivity index (χ3n) is 6.75. The number of hydrogen-bond acceptors (Lipinski definition) is 4. The molecule has 1 aromatic heterocycles. The maximum absolute atomic E-state index is 13.3. The normalized spacial score (nSPS) is 19.5. The van der Waals surface area contributed by atoms with Crippen LogP contribution in [0.25, 0.3) is 5.76 Å². The predicted octanol–water partition coefficient (Wildman–Crippen LogP) is 5.27. The number of aryl methyl sites for hydroxylation is 3. The molecule has 174 valence electrons. The first-order valence-corrected chi connectivity index (χ1v) is 11.6. The summed E-state index contributed by atoms with van der Waals surface area (Å²) in [6.45, 7) is 2.01. The molecule has 1 aliphatic heterocycles. The Morgan fingerprint density at radius 3 is 2.47 bits per heavy atom. The molecular formula is C28H26FNO4. The highest BCUT2D eigenvalue weighted by atomic mass is 19.1. The van der Waals surface area contributed by atoms with Gasteiger partial charge in [0.2, 0.25) is 0 Å². The lowest BCUT2D eigenvalue weighted by molar-refractivity contribution is -0.140. The van der Waals surface area contributed by atoms with Gasteiger partial charge in [-0.1, -0.05) is 24.3 Å². The summed E-state index contributed by atoms with van der Waals surface area (Å²) >= 11 is 0. The first-order valence-electron chi connectivity index (χ1n) is 11.6. The van der Waals surface area contributed by atoms with Crippen molar-refractivity contribution in [3.8, 4) is 0 Å². The number of carbonyl (C=O) groups is 2. The van der Waals surface area contributed by atoms with Crippen LogP contribution in [-0.2, 0) is 28.9 Å². The van der Waals surface area contributed by atoms with Gasteiger partial charge in [-0.15, -0.1) is 0 Å². The van der Waals surface area contributed by atoms with E-state index in [0.717, 1.165) is 31.2 Å². The summed E-state index contributed by atoms with van der Waals surface area (Å²) in [5, 5.41) is 11.3. The molecule has 2 heterocycles. The van der Waals surface area contributed by atoms with Crippen LogP contribution < -0.4 is 0 Å². The van der Waals surface area contributed by atoms with Crippen LogP contribution in [0, 0.1) is 12.7 Å². The molecule has 1 unspecified atom stereocenters. The number of halogens is 1. The van der Waals surface area contributed by atoms with Gasteiger partial charge in [-0.3, -0.25) is 9.59 Å². The van der Waals surface area contributed by atoms with Crippen molar-refractivity contribution in [3.05, 3.63) is 99.8 Å². The quantitative estimate of drug-likeness (QED) is 0.321. The van der Waals surface area contributed by atoms with Gasteiger partial charge in [0.1, 0.15) is 29.1 Å². The Morgan fingerprint density at radius 2 is 1.76 bits per heavy atom. The van der Waals surface area contributed by atoms with E-state index in [9.17, 15) is 19.1 Å². The molecule has 0 bridgehead atoms. The van der Waals surface area contributed by atoms with Gasteiger partial charge in [-0.25, -0.2) is 4.39 Å². The van der Waals surface area contributed by atoms with Gasteiger partial charge in [-0.05, 0) is 86.1 Å². The second-order valence-electron chi connectivity index (χ2n) is 9.01. The number of benzene rings is 2. The van der Waals surface area contributed by atoms with Gasteiger partial charge in [0.15, 0.2) is 0 Å². The number of fused-ring (bicyclic) bond motifs is 1. The van der Waals surface area contributed by atoms with Gasteiger partial charge in [0.05, 0.1) is 5.57 Å². The number of furan rings is 1. The number of amides is 1. The molecule has 5 nitrogen and oxygen atoms in total. The van der Waals surface area contributed by atoms with Crippen LogP contribution in [0.3, 0.4) is 0 Å². The lowest BCUT2D eigenvalue weighted by Gasteiger charge is -2.23. The van der Waals surface area contributed by atoms with Crippen molar-refractivity contribution < 1.29 is 23.5 Å². The first-order chi connectivity index (χ1) is 16.4. The SMILES string of the molecule is Cc1ccc(C2/C(=C(/O)c3ccc4c(c3)CCCC4)C(=O)C(=O)N2CCc2ccc(F)cc2)o1. The number of rotatable bonds is 5. The summed E-state index contributed by atoms with van der Waals surface area (Å²) in [4.78, 5) is 27.7. The molecular weight excluding hydrogens is 433 g/mol. The van der Waals surface area contributed by atoms with E-state index in [4.69, 9.17) is 4.42 Å². The molecule has 34 heavy (non-hydrogen) atoms. The Hall–Kier alpha value is -3.67. The summed E-state index contributed by atoms with van der Waals surface area (Å²) in [6, 6.07) is 14.5. The minimum atomic E-state index is -0.829. The van der Waals surface area contributed by atoms with E-state index in [0.29, 0.717) is 23.5 Å². The molecule has 2 aliphatic rings. The zero-order chi connectivity index (χ0) is 23.8. The smallest absolute Gasteiger partial charge is 0.295 e. The molecule has 1 atom stereocenters. The third kappa shape index (κ3) is 4.04. The standard InChI is InChI=1S/C28H26FNO4/c1-17-6-13-23(34-17)25-24(26(31)21-10-9-19-4-2-3-5-20(19)16-21)27(32)28(33)30(25)15-14-18-7-11-22(29)12-8-18/h6-13,16,25,31H,2-5,14-15H2,1H3/b26-24-. The van der Waals surface area contributed by atoms with Crippen LogP contribution in [0.5, 0.6) is 0 Å². The highest BCUT2D eigenvalue weighted by molar-refractivity contribution is 6.46. The minimum Gasteiger partial charge on any atom is -0.507 e. The topological polar surface area (TPSA) is 70.8 Å². The molecule has 1 fully saturated rings. The number of aliphatic hydroxyl groups is 1. The van der Waals surface area contributed by atoms with Gasteiger partial charge in [0.25, 0.3) is 11.7 Å². The Balaban J connectivity index is 1.54. The van der Waals surface area contributed by atoms with E-state index in [-0.39, 0.29) is 23.7 Å². The van der Waals surface area contributed by atoms with Crippen LogP contribution in [-0.4, -0.2) is 28.2 Å². The minimum absolute atomic E-state index is 0.0363. The third-order valence-corrected chi connectivity index (χ3v) is 6.75. The number of carbonyl (C=O) groups excluding carboxylic acids is 2. The van der Waals surface area contributed by atoms with E-state index >= 15 is 0 Å². The van der Waals surface area contributed by atoms with E-state index in [2.05, 4.69) is 0 Å². The summed E-state index contributed by atoms with van der Waals surface area (Å²) in [6.07, 6.45) is 4.62. The molecule has 1 aliphatic carbocycles. The molecule has 6 heteroatoms. The summed E-state index contributed by atoms with van der Waals surface area (Å²) in [5.74, 6) is -0.854. The van der Waals surface area contributed by atoms with Crippen molar-refractivity contribution in [2.24, 2.45) is 0 Å². The van der Waals surface area contributed by atoms with Crippen molar-refractivity contribution >= 4 is 17.4 Å². The molecule has 5 rings (SSSR count). The van der Waals surface area contributed by atoms with Gasteiger partial charge in [0, 0.05) is 12.1 Å². The zero-order valence-corrected chi connectivity index (χ0v) is 19.0. The molecule has 0 saturated carbocycles. The van der Waals surface area contributed by atoms with Crippen LogP contribution in [0.1, 0.15) is 52.7 Å². The van der Waals surface area contributed by atoms with Crippen LogP contribution in [0.4, 0.5) is 4.39 Å². The number of likely N-dealkylation sites (tertiary alicyclic amines) is 1. The fourth-order valence-corrected chi connectivity index (χ4v) is 4.94. The van der Waals surface area contributed by atoms with E-state index in [1.807, 2.05) is 18.2 Å². The summed E-state index contributed by atoms with van der Waals surface area (Å²) in [7, 11) is 0. The maximum atomic E-state index is 13.3. The molecule has 0 radical (unpaired) electrons. The average Bonchev–Trinajstić information content (AvgIpc) is 3.38. The zero-order valence-electron chi connectivity index (χ0n) is 19.0. The number of nitrogens with zero attached hydrogens (tertiary/aromatic N) is 1. The van der Waals surface area contributed by atoms with Gasteiger partial charge >= 0.3 is 0 Å². The molecule has 0 spiro atoms. The molecule has 1 saturated heterocycles. The molecule has 1 amide bonds. The average molecular weight is 460 g/mol. The second-order valence-corrected chi connectivity index (χ2v) is 9.01. The first kappa shape index (κ1) is 22.1. The van der Waals surface area contributed by atoms with Crippen molar-refractivity contribution in [1.29, 1.82) is 0 Å². The molecule has 1 N–H and O–H groups in total. The van der Waals surface area contributed by atoms with E-state index in [1.165, 1.54) is 28.2 Å². The lowest BCUT2D eigenvalue weighted by Crippen LogP contribution is -2.31. The van der Waals surface area contributed by atoms with Crippen LogP contribution in [0.2, 0.25) is 0 Å². The van der Waals surface area contributed by atoms with Crippen LogP contribution in [0.15, 0.2) is 64.6 Å². The van der Waals surface area contributed by atoms with Crippen molar-refractivity contribution in [2.45, 2.75) is 45.1 Å². The van der Waals surface area contributed by atoms with Crippen molar-refractivity contribution in [3.63, 3.8) is 0 Å². The summed E-state index contributed by atoms with van der Waals surface area (Å²) < 4.78 is 19.1. The predicted molar refractivity (Wildman–Crippen MR) is 126 cm³/mol. The van der Waals surface area contributed by atoms with Crippen molar-refractivity contribution in [2.75, 3.05) is 6.54 Å². The number of hydrogen-bond donors (Lipinski definition) is 1. The summed E-state index contributed by atoms with van der Waals surface area (Å²) in [5.41, 5.74) is 3.85. The van der Waals surface area contributed by atoms with Crippen LogP contribution >= 0.6 is 0 Å². The van der Waals surface area contributed by atoms with Crippen molar-refractivity contribution in [1.82, 2.24) is 4.90 Å². The molecule has 2 aromatic carbocycles. The monoisotopic (exact) mass is 459 g/mol. The molecule has 3 aromatic rings. The Morgan fingerprint density at radius 1 is 1.03 bits per heavy atom. The highest BCUT2D eigenvalue weighted by Gasteiger charge is 2.47. The Kier molecular flexibility index (Phi) is 5.82. The Labute approximate surface area is 197 Å². The Bertz CT molecular complexity index is 1290. The maximum Gasteiger partial charge on any atom is 0.295 e. The lowest BCUT2D eigenvalue weighted by atomic mass is 9.89. The fourth-order valence-electron chi connectivity index (χ4n) is 4.94. The number of Topliss-reactive ketones (excluding diaryl/α,β-unsaturated/α-hetero) is 1. The number of ketones is 1. The van der Waals surface area contributed by atoms with E-state index in [1.54, 1.807) is 31.2 Å². The highest BCUT2D eigenvalue weighted by Crippen LogP contribution is 2.40.